The molecule has 0 fully saturated rings. The zero-order valence-electron chi connectivity index (χ0n) is 10.5. The van der Waals surface area contributed by atoms with Gasteiger partial charge in [0, 0.05) is 25.4 Å². The smallest absolute Gasteiger partial charge is 0.153 e. The average Bonchev–Trinajstić information content (AvgIpc) is 2.64. The van der Waals surface area contributed by atoms with E-state index in [9.17, 15) is 0 Å². The monoisotopic (exact) mass is 310 g/mol. The third-order valence-corrected chi connectivity index (χ3v) is 3.25. The van der Waals surface area contributed by atoms with Crippen LogP contribution in [0.1, 0.15) is 12.6 Å². The van der Waals surface area contributed by atoms with Gasteiger partial charge < -0.3 is 10.6 Å². The summed E-state index contributed by atoms with van der Waals surface area (Å²) in [5.74, 6) is 2.22. The highest BCUT2D eigenvalue weighted by Crippen LogP contribution is 2.28. The van der Waals surface area contributed by atoms with E-state index in [1.165, 1.54) is 6.33 Å². The first-order valence-corrected chi connectivity index (χ1v) is 6.43. The fourth-order valence-corrected chi connectivity index (χ4v) is 1.93. The van der Waals surface area contributed by atoms with Crippen molar-refractivity contribution < 1.29 is 0 Å². The van der Waals surface area contributed by atoms with E-state index in [1.54, 1.807) is 0 Å². The molecule has 0 aliphatic carbocycles. The Balaban J connectivity index is 2.26. The molecule has 18 heavy (non-hydrogen) atoms. The van der Waals surface area contributed by atoms with Crippen molar-refractivity contribution in [2.75, 3.05) is 17.2 Å². The Bertz CT molecular complexity index is 531. The highest BCUT2D eigenvalue weighted by Gasteiger charge is 2.09. The van der Waals surface area contributed by atoms with Crippen molar-refractivity contribution in [1.82, 2.24) is 19.7 Å². The van der Waals surface area contributed by atoms with Crippen LogP contribution < -0.4 is 10.6 Å². The van der Waals surface area contributed by atoms with Crippen molar-refractivity contribution in [2.45, 2.75) is 13.8 Å². The van der Waals surface area contributed by atoms with Gasteiger partial charge in [-0.1, -0.05) is 0 Å². The molecule has 0 aromatic carbocycles. The first kappa shape index (κ1) is 12.8. The van der Waals surface area contributed by atoms with E-state index >= 15 is 0 Å². The zero-order chi connectivity index (χ0) is 13.1. The Morgan fingerprint density at radius 2 is 2.06 bits per heavy atom. The summed E-state index contributed by atoms with van der Waals surface area (Å²) in [7, 11) is 1.90. The molecule has 2 aromatic rings. The van der Waals surface area contributed by atoms with Crippen LogP contribution in [-0.2, 0) is 7.05 Å². The molecule has 0 saturated carbocycles. The molecule has 0 unspecified atom stereocenters. The Morgan fingerprint density at radius 1 is 1.33 bits per heavy atom. The van der Waals surface area contributed by atoms with Gasteiger partial charge in [0.25, 0.3) is 0 Å². The van der Waals surface area contributed by atoms with Crippen LogP contribution in [0.3, 0.4) is 0 Å². The predicted molar refractivity (Wildman–Crippen MR) is 75.1 cm³/mol. The zero-order valence-corrected chi connectivity index (χ0v) is 12.1. The van der Waals surface area contributed by atoms with Gasteiger partial charge in [-0.05, 0) is 29.8 Å². The molecule has 2 heterocycles. The molecule has 0 saturated heterocycles. The quantitative estimate of drug-likeness (QED) is 0.908. The number of aromatic nitrogens is 4. The molecule has 0 bridgehead atoms. The maximum atomic E-state index is 4.33. The van der Waals surface area contributed by atoms with Crippen LogP contribution in [0.4, 0.5) is 17.5 Å². The van der Waals surface area contributed by atoms with Crippen molar-refractivity contribution in [3.8, 4) is 0 Å². The van der Waals surface area contributed by atoms with Crippen molar-refractivity contribution in [3.05, 3.63) is 22.6 Å². The fraction of sp³-hybridized carbons (Fsp3) is 0.364. The van der Waals surface area contributed by atoms with Crippen LogP contribution >= 0.6 is 15.9 Å². The average molecular weight is 311 g/mol. The molecule has 2 aromatic heterocycles. The third-order valence-electron chi connectivity index (χ3n) is 2.49. The maximum Gasteiger partial charge on any atom is 0.153 e. The second kappa shape index (κ2) is 5.34. The standard InChI is InChI=1S/C11H15BrN6/c1-4-13-10-9(12)11(15-6-14-10)16-8-5-7(2)18(3)17-8/h5-6H,4H2,1-3H3,(H2,13,14,15,16,17). The summed E-state index contributed by atoms with van der Waals surface area (Å²) in [6.07, 6.45) is 1.51. The van der Waals surface area contributed by atoms with Crippen molar-refractivity contribution >= 4 is 33.4 Å². The summed E-state index contributed by atoms with van der Waals surface area (Å²) in [6.45, 7) is 4.82. The number of rotatable bonds is 4. The van der Waals surface area contributed by atoms with E-state index in [1.807, 2.05) is 31.6 Å². The highest BCUT2D eigenvalue weighted by atomic mass is 79.9. The van der Waals surface area contributed by atoms with Crippen LogP contribution in [0.2, 0.25) is 0 Å². The van der Waals surface area contributed by atoms with Crippen LogP contribution in [-0.4, -0.2) is 26.3 Å². The normalized spacial score (nSPS) is 10.4. The number of halogens is 1. The number of hydrogen-bond acceptors (Lipinski definition) is 5. The fourth-order valence-electron chi connectivity index (χ4n) is 1.49. The van der Waals surface area contributed by atoms with Gasteiger partial charge in [0.2, 0.25) is 0 Å². The van der Waals surface area contributed by atoms with Gasteiger partial charge in [-0.15, -0.1) is 0 Å². The molecular formula is C11H15BrN6. The van der Waals surface area contributed by atoms with Crippen LogP contribution in [0.5, 0.6) is 0 Å². The SMILES string of the molecule is CCNc1ncnc(Nc2cc(C)n(C)n2)c1Br. The molecule has 0 atom stereocenters. The summed E-state index contributed by atoms with van der Waals surface area (Å²) in [5.41, 5.74) is 1.08. The van der Waals surface area contributed by atoms with Crippen LogP contribution in [0.25, 0.3) is 0 Å². The van der Waals surface area contributed by atoms with E-state index in [2.05, 4.69) is 41.6 Å². The Morgan fingerprint density at radius 3 is 2.67 bits per heavy atom. The summed E-state index contributed by atoms with van der Waals surface area (Å²) < 4.78 is 2.61. The lowest BCUT2D eigenvalue weighted by atomic mass is 10.4. The van der Waals surface area contributed by atoms with Gasteiger partial charge in [-0.25, -0.2) is 9.97 Å². The Labute approximate surface area is 114 Å². The minimum absolute atomic E-state index is 0.694. The molecule has 0 spiro atoms. The summed E-state index contributed by atoms with van der Waals surface area (Å²) in [6, 6.07) is 1.96. The van der Waals surface area contributed by atoms with Crippen LogP contribution in [0, 0.1) is 6.92 Å². The van der Waals surface area contributed by atoms with E-state index in [0.29, 0.717) is 5.82 Å². The molecule has 7 heteroatoms. The third kappa shape index (κ3) is 2.61. The second-order valence-corrected chi connectivity index (χ2v) is 4.63. The Kier molecular flexibility index (Phi) is 3.81. The topological polar surface area (TPSA) is 67.7 Å². The summed E-state index contributed by atoms with van der Waals surface area (Å²) in [4.78, 5) is 8.36. The molecule has 2 rings (SSSR count). The molecule has 96 valence electrons. The minimum Gasteiger partial charge on any atom is -0.369 e. The van der Waals surface area contributed by atoms with E-state index in [-0.39, 0.29) is 0 Å². The molecule has 0 aliphatic heterocycles. The number of hydrogen-bond donors (Lipinski definition) is 2. The number of nitrogens with one attached hydrogen (secondary N) is 2. The minimum atomic E-state index is 0.694. The summed E-state index contributed by atoms with van der Waals surface area (Å²) >= 11 is 3.48. The molecule has 6 nitrogen and oxygen atoms in total. The summed E-state index contributed by atoms with van der Waals surface area (Å²) in [5, 5.41) is 10.6. The number of nitrogens with zero attached hydrogens (tertiary/aromatic N) is 4. The predicted octanol–water partition coefficient (Wildman–Crippen LogP) is 2.46. The van der Waals surface area contributed by atoms with Gasteiger partial charge in [-0.3, -0.25) is 4.68 Å². The van der Waals surface area contributed by atoms with Crippen molar-refractivity contribution in [3.63, 3.8) is 0 Å². The van der Waals surface area contributed by atoms with Crippen molar-refractivity contribution in [2.24, 2.45) is 7.05 Å². The lowest BCUT2D eigenvalue weighted by Crippen LogP contribution is -2.04. The van der Waals surface area contributed by atoms with Crippen LogP contribution in [0.15, 0.2) is 16.9 Å². The van der Waals surface area contributed by atoms with Gasteiger partial charge in [-0.2, -0.15) is 5.10 Å². The number of aryl methyl sites for hydroxylation is 2. The van der Waals surface area contributed by atoms with Gasteiger partial charge in [0.1, 0.15) is 16.6 Å². The maximum absolute atomic E-state index is 4.33. The second-order valence-electron chi connectivity index (χ2n) is 3.83. The lowest BCUT2D eigenvalue weighted by molar-refractivity contribution is 0.743. The van der Waals surface area contributed by atoms with E-state index in [4.69, 9.17) is 0 Å². The molecule has 0 aliphatic rings. The molecular weight excluding hydrogens is 296 g/mol. The number of anilines is 3. The highest BCUT2D eigenvalue weighted by molar-refractivity contribution is 9.10. The van der Waals surface area contributed by atoms with Gasteiger partial charge >= 0.3 is 0 Å². The molecule has 0 radical (unpaired) electrons. The largest absolute Gasteiger partial charge is 0.369 e. The Hall–Kier alpha value is -1.63. The first-order chi connectivity index (χ1) is 8.61. The first-order valence-electron chi connectivity index (χ1n) is 5.64. The van der Waals surface area contributed by atoms with Gasteiger partial charge in [0.05, 0.1) is 0 Å². The van der Waals surface area contributed by atoms with E-state index in [0.717, 1.165) is 28.3 Å². The lowest BCUT2D eigenvalue weighted by Gasteiger charge is -2.08. The van der Waals surface area contributed by atoms with E-state index < -0.39 is 0 Å². The van der Waals surface area contributed by atoms with Crippen molar-refractivity contribution in [1.29, 1.82) is 0 Å². The molecule has 0 amide bonds. The van der Waals surface area contributed by atoms with Gasteiger partial charge in [0.15, 0.2) is 11.6 Å². The molecule has 2 N–H and O–H groups in total.